The van der Waals surface area contributed by atoms with E-state index in [4.69, 9.17) is 10.00 Å². The molecule has 0 saturated carbocycles. The number of hydrogen-bond donors (Lipinski definition) is 1. The molecule has 26 heavy (non-hydrogen) atoms. The highest BCUT2D eigenvalue weighted by molar-refractivity contribution is 5.87. The second-order valence-corrected chi connectivity index (χ2v) is 5.61. The maximum Gasteiger partial charge on any atom is 0.331 e. The number of aromatic nitrogens is 2. The monoisotopic (exact) mass is 345 g/mol. The van der Waals surface area contributed by atoms with Crippen molar-refractivity contribution in [3.05, 3.63) is 81.9 Å². The maximum atomic E-state index is 12.1. The molecule has 0 spiro atoms. The second kappa shape index (κ2) is 7.45. The number of carbonyl (C=O) groups excluding carboxylic acids is 1. The summed E-state index contributed by atoms with van der Waals surface area (Å²) in [6, 6.07) is 15.8. The molecule has 0 amide bonds. The van der Waals surface area contributed by atoms with Crippen molar-refractivity contribution in [3.63, 3.8) is 0 Å². The fourth-order valence-electron chi connectivity index (χ4n) is 2.40. The van der Waals surface area contributed by atoms with Crippen molar-refractivity contribution in [3.8, 4) is 6.07 Å². The molecule has 128 valence electrons. The Morgan fingerprint density at radius 2 is 1.96 bits per heavy atom. The van der Waals surface area contributed by atoms with Crippen LogP contribution in [0.15, 0.2) is 59.4 Å². The number of nitrogens with one attached hydrogen (secondary N) is 1. The molecule has 2 aromatic carbocycles. The van der Waals surface area contributed by atoms with Crippen LogP contribution in [0.2, 0.25) is 0 Å². The predicted octanol–water partition coefficient (Wildman–Crippen LogP) is 3.11. The van der Waals surface area contributed by atoms with Gasteiger partial charge in [-0.15, -0.1) is 0 Å². The van der Waals surface area contributed by atoms with E-state index in [1.54, 1.807) is 61.5 Å². The molecule has 1 aromatic heterocycles. The lowest BCUT2D eigenvalue weighted by atomic mass is 10.1. The highest BCUT2D eigenvalue weighted by atomic mass is 16.5. The number of aromatic amines is 1. The van der Waals surface area contributed by atoms with E-state index >= 15 is 0 Å². The molecule has 0 radical (unpaired) electrons. The van der Waals surface area contributed by atoms with Crippen molar-refractivity contribution in [1.29, 1.82) is 5.26 Å². The minimum atomic E-state index is -0.703. The van der Waals surface area contributed by atoms with Gasteiger partial charge in [-0.3, -0.25) is 4.79 Å². The molecule has 0 fully saturated rings. The predicted molar refractivity (Wildman–Crippen MR) is 97.1 cm³/mol. The molecule has 6 nitrogen and oxygen atoms in total. The van der Waals surface area contributed by atoms with Crippen LogP contribution in [0.5, 0.6) is 0 Å². The SMILES string of the molecule is C[C@@H](OC(=O)/C=C/c1ccc(C#N)cc1)c1nc2ccccc2c(=O)[nH]1. The quantitative estimate of drug-likeness (QED) is 0.579. The van der Waals surface area contributed by atoms with Crippen LogP contribution in [0.4, 0.5) is 0 Å². The summed E-state index contributed by atoms with van der Waals surface area (Å²) in [5.41, 5.74) is 1.58. The third-order valence-corrected chi connectivity index (χ3v) is 3.76. The Morgan fingerprint density at radius 1 is 1.23 bits per heavy atom. The third kappa shape index (κ3) is 3.84. The minimum Gasteiger partial charge on any atom is -0.451 e. The van der Waals surface area contributed by atoms with Gasteiger partial charge >= 0.3 is 5.97 Å². The summed E-state index contributed by atoms with van der Waals surface area (Å²) in [7, 11) is 0. The lowest BCUT2D eigenvalue weighted by molar-refractivity contribution is -0.142. The zero-order valence-electron chi connectivity index (χ0n) is 14.0. The first-order valence-electron chi connectivity index (χ1n) is 7.94. The first-order chi connectivity index (χ1) is 12.6. The van der Waals surface area contributed by atoms with Crippen LogP contribution in [0, 0.1) is 11.3 Å². The lowest BCUT2D eigenvalue weighted by Gasteiger charge is -2.11. The smallest absolute Gasteiger partial charge is 0.331 e. The first-order valence-corrected chi connectivity index (χ1v) is 7.94. The fourth-order valence-corrected chi connectivity index (χ4v) is 2.40. The summed E-state index contributed by atoms with van der Waals surface area (Å²) < 4.78 is 5.30. The van der Waals surface area contributed by atoms with Gasteiger partial charge in [0.15, 0.2) is 11.9 Å². The van der Waals surface area contributed by atoms with E-state index in [1.807, 2.05) is 6.07 Å². The molecule has 1 N–H and O–H groups in total. The summed E-state index contributed by atoms with van der Waals surface area (Å²) in [6.45, 7) is 1.64. The van der Waals surface area contributed by atoms with E-state index in [1.165, 1.54) is 6.08 Å². The molecule has 3 rings (SSSR count). The molecule has 0 bridgehead atoms. The number of carbonyl (C=O) groups is 1. The molecule has 1 atom stereocenters. The molecule has 0 aliphatic heterocycles. The Bertz CT molecular complexity index is 1080. The minimum absolute atomic E-state index is 0.276. The number of nitriles is 1. The van der Waals surface area contributed by atoms with Gasteiger partial charge in [-0.1, -0.05) is 24.3 Å². The largest absolute Gasteiger partial charge is 0.451 e. The summed E-state index contributed by atoms with van der Waals surface area (Å²) in [5.74, 6) is -0.272. The number of rotatable bonds is 4. The molecule has 1 heterocycles. The fraction of sp³-hybridized carbons (Fsp3) is 0.100. The highest BCUT2D eigenvalue weighted by Gasteiger charge is 2.14. The lowest BCUT2D eigenvalue weighted by Crippen LogP contribution is -2.16. The topological polar surface area (TPSA) is 95.8 Å². The van der Waals surface area contributed by atoms with Gasteiger partial charge in [-0.2, -0.15) is 5.26 Å². The number of ether oxygens (including phenoxy) is 1. The van der Waals surface area contributed by atoms with Crippen molar-refractivity contribution in [2.75, 3.05) is 0 Å². The Labute approximate surface area is 149 Å². The third-order valence-electron chi connectivity index (χ3n) is 3.76. The zero-order valence-corrected chi connectivity index (χ0v) is 14.0. The number of para-hydroxylation sites is 1. The normalized spacial score (nSPS) is 12.0. The van der Waals surface area contributed by atoms with E-state index < -0.39 is 12.1 Å². The van der Waals surface area contributed by atoms with Gasteiger partial charge in [0.25, 0.3) is 5.56 Å². The molecule has 0 saturated heterocycles. The van der Waals surface area contributed by atoms with Gasteiger partial charge in [-0.25, -0.2) is 9.78 Å². The van der Waals surface area contributed by atoms with Crippen molar-refractivity contribution in [2.24, 2.45) is 0 Å². The molecule has 0 aliphatic carbocycles. The average molecular weight is 345 g/mol. The number of H-pyrrole nitrogens is 1. The van der Waals surface area contributed by atoms with Gasteiger partial charge in [0, 0.05) is 6.08 Å². The van der Waals surface area contributed by atoms with Crippen LogP contribution in [0.1, 0.15) is 30.0 Å². The standard InChI is InChI=1S/C20H15N3O3/c1-13(19-22-17-5-3-2-4-16(17)20(25)23-19)26-18(24)11-10-14-6-8-15(12-21)9-7-14/h2-11,13H,1H3,(H,22,23,25)/b11-10+/t13-/m1/s1. The number of hydrogen-bond acceptors (Lipinski definition) is 5. The van der Waals surface area contributed by atoms with Crippen LogP contribution >= 0.6 is 0 Å². The second-order valence-electron chi connectivity index (χ2n) is 5.61. The van der Waals surface area contributed by atoms with Crippen molar-refractivity contribution in [1.82, 2.24) is 9.97 Å². The highest BCUT2D eigenvalue weighted by Crippen LogP contribution is 2.15. The summed E-state index contributed by atoms with van der Waals surface area (Å²) in [6.07, 6.45) is 2.18. The molecule has 6 heteroatoms. The van der Waals surface area contributed by atoms with Crippen LogP contribution < -0.4 is 5.56 Å². The summed E-state index contributed by atoms with van der Waals surface area (Å²) in [5, 5.41) is 9.25. The van der Waals surface area contributed by atoms with Gasteiger partial charge in [0.05, 0.1) is 22.5 Å². The Morgan fingerprint density at radius 3 is 2.69 bits per heavy atom. The van der Waals surface area contributed by atoms with E-state index in [0.29, 0.717) is 16.5 Å². The average Bonchev–Trinajstić information content (AvgIpc) is 2.66. The van der Waals surface area contributed by atoms with E-state index in [2.05, 4.69) is 9.97 Å². The van der Waals surface area contributed by atoms with Crippen LogP contribution in [-0.4, -0.2) is 15.9 Å². The van der Waals surface area contributed by atoms with Crippen LogP contribution in [-0.2, 0) is 9.53 Å². The van der Waals surface area contributed by atoms with Crippen LogP contribution in [0.3, 0.4) is 0 Å². The number of esters is 1. The molecule has 0 aliphatic rings. The zero-order chi connectivity index (χ0) is 18.5. The Balaban J connectivity index is 1.71. The van der Waals surface area contributed by atoms with E-state index in [9.17, 15) is 9.59 Å². The first kappa shape index (κ1) is 17.1. The van der Waals surface area contributed by atoms with Gasteiger partial charge in [0.1, 0.15) is 0 Å². The number of fused-ring (bicyclic) bond motifs is 1. The van der Waals surface area contributed by atoms with Gasteiger partial charge in [0.2, 0.25) is 0 Å². The number of benzene rings is 2. The van der Waals surface area contributed by atoms with Gasteiger partial charge in [-0.05, 0) is 42.8 Å². The molecule has 0 unspecified atom stereocenters. The van der Waals surface area contributed by atoms with Crippen molar-refractivity contribution < 1.29 is 9.53 Å². The van der Waals surface area contributed by atoms with Gasteiger partial charge < -0.3 is 9.72 Å². The molecular formula is C20H15N3O3. The van der Waals surface area contributed by atoms with Crippen molar-refractivity contribution in [2.45, 2.75) is 13.0 Å². The molecule has 3 aromatic rings. The van der Waals surface area contributed by atoms with E-state index in [-0.39, 0.29) is 11.4 Å². The number of nitrogens with zero attached hydrogens (tertiary/aromatic N) is 2. The Kier molecular flexibility index (Phi) is 4.90. The van der Waals surface area contributed by atoms with Crippen LogP contribution in [0.25, 0.3) is 17.0 Å². The maximum absolute atomic E-state index is 12.1. The van der Waals surface area contributed by atoms with E-state index in [0.717, 1.165) is 5.56 Å². The summed E-state index contributed by atoms with van der Waals surface area (Å²) in [4.78, 5) is 31.1. The van der Waals surface area contributed by atoms with Crippen molar-refractivity contribution >= 4 is 22.9 Å². The Hall–Kier alpha value is -3.72. The summed E-state index contributed by atoms with van der Waals surface area (Å²) >= 11 is 0. The molecular weight excluding hydrogens is 330 g/mol.